The van der Waals surface area contributed by atoms with Crippen molar-refractivity contribution >= 4 is 27.3 Å². The zero-order valence-electron chi connectivity index (χ0n) is 15.4. The molecule has 156 valence electrons. The number of anilines is 2. The third kappa shape index (κ3) is 5.63. The molecule has 1 aliphatic rings. The van der Waals surface area contributed by atoms with Crippen molar-refractivity contribution in [3.63, 3.8) is 0 Å². The topological polar surface area (TPSA) is 84.5 Å². The number of sulfonamides is 1. The van der Waals surface area contributed by atoms with Gasteiger partial charge >= 0.3 is 6.18 Å². The van der Waals surface area contributed by atoms with Crippen molar-refractivity contribution in [2.45, 2.75) is 31.2 Å². The van der Waals surface area contributed by atoms with Crippen LogP contribution in [-0.2, 0) is 10.0 Å². The average Bonchev–Trinajstić information content (AvgIpc) is 3.47. The third-order valence-corrected chi connectivity index (χ3v) is 6.02. The average molecular weight is 428 g/mol. The van der Waals surface area contributed by atoms with Crippen LogP contribution < -0.4 is 14.8 Å². The van der Waals surface area contributed by atoms with Gasteiger partial charge in [-0.05, 0) is 44.0 Å². The molecule has 2 aromatic carbocycles. The number of halogens is 3. The first-order valence-electron chi connectivity index (χ1n) is 8.77. The molecule has 0 radical (unpaired) electrons. The summed E-state index contributed by atoms with van der Waals surface area (Å²) in [4.78, 5) is 12.8. The smallest absolute Gasteiger partial charge is 0.422 e. The number of nitrogens with one attached hydrogen (secondary N) is 2. The summed E-state index contributed by atoms with van der Waals surface area (Å²) < 4.78 is 69.0. The van der Waals surface area contributed by atoms with Crippen molar-refractivity contribution in [2.24, 2.45) is 0 Å². The summed E-state index contributed by atoms with van der Waals surface area (Å²) in [5, 5.41) is 2.02. The second kappa shape index (κ2) is 7.94. The number of carbonyl (C=O) groups is 1. The number of benzene rings is 2. The third-order valence-electron chi connectivity index (χ3n) is 4.16. The van der Waals surface area contributed by atoms with E-state index in [4.69, 9.17) is 4.74 Å². The van der Waals surface area contributed by atoms with Gasteiger partial charge in [-0.25, -0.2) is 8.42 Å². The molecule has 1 fully saturated rings. The van der Waals surface area contributed by atoms with Gasteiger partial charge in [-0.1, -0.05) is 23.8 Å². The molecule has 3 rings (SSSR count). The minimum Gasteiger partial charge on any atom is -0.482 e. The Morgan fingerprint density at radius 2 is 1.83 bits per heavy atom. The zero-order chi connectivity index (χ0) is 21.2. The molecule has 2 N–H and O–H groups in total. The Morgan fingerprint density at radius 3 is 2.48 bits per heavy atom. The summed E-state index contributed by atoms with van der Waals surface area (Å²) >= 11 is 0. The Bertz CT molecular complexity index is 1020. The van der Waals surface area contributed by atoms with Crippen molar-refractivity contribution < 1.29 is 31.1 Å². The molecular formula is C19H19F3N2O4S. The number of aryl methyl sites for hydroxylation is 1. The Kier molecular flexibility index (Phi) is 5.74. The minimum absolute atomic E-state index is 0.0410. The Hall–Kier alpha value is -2.75. The Balaban J connectivity index is 1.84. The lowest BCUT2D eigenvalue weighted by Crippen LogP contribution is -2.22. The predicted molar refractivity (Wildman–Crippen MR) is 103 cm³/mol. The summed E-state index contributed by atoms with van der Waals surface area (Å²) in [6, 6.07) is 10.3. The van der Waals surface area contributed by atoms with Gasteiger partial charge in [-0.3, -0.25) is 9.52 Å². The van der Waals surface area contributed by atoms with Crippen molar-refractivity contribution in [3.8, 4) is 5.75 Å². The molecule has 10 heteroatoms. The molecule has 0 aromatic heterocycles. The van der Waals surface area contributed by atoms with Crippen molar-refractivity contribution in [1.29, 1.82) is 0 Å². The number of ether oxygens (including phenoxy) is 1. The summed E-state index contributed by atoms with van der Waals surface area (Å²) in [6.07, 6.45) is -3.40. The van der Waals surface area contributed by atoms with Crippen LogP contribution >= 0.6 is 0 Å². The lowest BCUT2D eigenvalue weighted by atomic mass is 10.1. The number of amides is 1. The van der Waals surface area contributed by atoms with E-state index in [9.17, 15) is 26.4 Å². The molecule has 1 amide bonds. The van der Waals surface area contributed by atoms with Gasteiger partial charge in [-0.2, -0.15) is 13.2 Å². The Labute approximate surface area is 166 Å². The summed E-state index contributed by atoms with van der Waals surface area (Å²) in [6.45, 7) is 0.229. The molecule has 2 aromatic rings. The van der Waals surface area contributed by atoms with E-state index in [1.165, 1.54) is 36.4 Å². The van der Waals surface area contributed by atoms with Crippen LogP contribution in [0, 0.1) is 6.92 Å². The molecule has 0 spiro atoms. The number of para-hydroxylation sites is 2. The van der Waals surface area contributed by atoms with E-state index in [1.807, 2.05) is 0 Å². The van der Waals surface area contributed by atoms with E-state index >= 15 is 0 Å². The molecule has 29 heavy (non-hydrogen) atoms. The van der Waals surface area contributed by atoms with Crippen molar-refractivity contribution in [1.82, 2.24) is 0 Å². The van der Waals surface area contributed by atoms with E-state index in [2.05, 4.69) is 10.0 Å². The van der Waals surface area contributed by atoms with Crippen LogP contribution in [0.2, 0.25) is 0 Å². The highest BCUT2D eigenvalue weighted by Gasteiger charge is 2.36. The highest BCUT2D eigenvalue weighted by Crippen LogP contribution is 2.32. The first-order chi connectivity index (χ1) is 13.5. The fourth-order valence-corrected chi connectivity index (χ4v) is 4.00. The zero-order valence-corrected chi connectivity index (χ0v) is 16.2. The Morgan fingerprint density at radius 1 is 1.14 bits per heavy atom. The summed E-state index contributed by atoms with van der Waals surface area (Å²) in [7, 11) is -3.59. The molecule has 1 aliphatic carbocycles. The second-order valence-electron chi connectivity index (χ2n) is 6.75. The molecule has 0 aliphatic heterocycles. The van der Waals surface area contributed by atoms with Crippen molar-refractivity contribution in [2.75, 3.05) is 16.6 Å². The van der Waals surface area contributed by atoms with E-state index in [-0.39, 0.29) is 22.7 Å². The molecule has 0 unspecified atom stereocenters. The van der Waals surface area contributed by atoms with Crippen LogP contribution in [0.15, 0.2) is 42.5 Å². The number of carbonyl (C=O) groups excluding carboxylic acids is 1. The maximum Gasteiger partial charge on any atom is 0.422 e. The second-order valence-corrected chi connectivity index (χ2v) is 8.71. The van der Waals surface area contributed by atoms with Gasteiger partial charge in [0.05, 0.1) is 22.2 Å². The van der Waals surface area contributed by atoms with Gasteiger partial charge in [0.15, 0.2) is 6.61 Å². The van der Waals surface area contributed by atoms with Crippen LogP contribution in [0.1, 0.15) is 28.8 Å². The molecule has 1 saturated carbocycles. The van der Waals surface area contributed by atoms with Gasteiger partial charge < -0.3 is 10.1 Å². The van der Waals surface area contributed by atoms with Crippen LogP contribution in [0.4, 0.5) is 24.5 Å². The van der Waals surface area contributed by atoms with Gasteiger partial charge in [-0.15, -0.1) is 0 Å². The lowest BCUT2D eigenvalue weighted by molar-refractivity contribution is -0.153. The van der Waals surface area contributed by atoms with Crippen LogP contribution in [0.25, 0.3) is 0 Å². The quantitative estimate of drug-likeness (QED) is 0.696. The first-order valence-corrected chi connectivity index (χ1v) is 10.3. The SMILES string of the molecule is Cc1ccc(NS(=O)(=O)C2CC2)c(C(=O)Nc2ccccc2OCC(F)(F)F)c1. The van der Waals surface area contributed by atoms with E-state index < -0.39 is 34.0 Å². The van der Waals surface area contributed by atoms with Crippen molar-refractivity contribution in [3.05, 3.63) is 53.6 Å². The summed E-state index contributed by atoms with van der Waals surface area (Å²) in [5.41, 5.74) is 0.916. The van der Waals surface area contributed by atoms with E-state index in [0.29, 0.717) is 18.4 Å². The van der Waals surface area contributed by atoms with Gasteiger partial charge in [0.1, 0.15) is 5.75 Å². The molecule has 6 nitrogen and oxygen atoms in total. The number of rotatable bonds is 7. The molecule has 0 saturated heterocycles. The number of alkyl halides is 3. The number of hydrogen-bond donors (Lipinski definition) is 2. The standard InChI is InChI=1S/C19H19F3N2O4S/c1-12-6-9-15(24-29(26,27)13-7-8-13)14(10-12)18(25)23-16-4-2-3-5-17(16)28-11-19(20,21)22/h2-6,9-10,13,24H,7-8,11H2,1H3,(H,23,25). The highest BCUT2D eigenvalue weighted by molar-refractivity contribution is 7.93. The first kappa shape index (κ1) is 21.0. The van der Waals surface area contributed by atoms with E-state index in [1.54, 1.807) is 13.0 Å². The van der Waals surface area contributed by atoms with Crippen LogP contribution in [-0.4, -0.2) is 32.4 Å². The monoisotopic (exact) mass is 428 g/mol. The van der Waals surface area contributed by atoms with Gasteiger partial charge in [0, 0.05) is 0 Å². The van der Waals surface area contributed by atoms with Gasteiger partial charge in [0.2, 0.25) is 10.0 Å². The molecule has 0 bridgehead atoms. The fourth-order valence-electron chi connectivity index (χ4n) is 2.59. The van der Waals surface area contributed by atoms with Crippen LogP contribution in [0.5, 0.6) is 5.75 Å². The number of hydrogen-bond acceptors (Lipinski definition) is 4. The highest BCUT2D eigenvalue weighted by atomic mass is 32.2. The maximum absolute atomic E-state index is 12.8. The largest absolute Gasteiger partial charge is 0.482 e. The van der Waals surface area contributed by atoms with Crippen LogP contribution in [0.3, 0.4) is 0 Å². The van der Waals surface area contributed by atoms with E-state index in [0.717, 1.165) is 0 Å². The molecular weight excluding hydrogens is 409 g/mol. The maximum atomic E-state index is 12.8. The van der Waals surface area contributed by atoms with Gasteiger partial charge in [0.25, 0.3) is 5.91 Å². The predicted octanol–water partition coefficient (Wildman–Crippen LogP) is 4.09. The lowest BCUT2D eigenvalue weighted by Gasteiger charge is -2.16. The molecule has 0 heterocycles. The molecule has 0 atom stereocenters. The normalized spacial score (nSPS) is 14.3. The summed E-state index contributed by atoms with van der Waals surface area (Å²) in [5.74, 6) is -0.823. The fraction of sp³-hybridized carbons (Fsp3) is 0.316. The minimum atomic E-state index is -4.53.